The lowest BCUT2D eigenvalue weighted by Crippen LogP contribution is -2.44. The van der Waals surface area contributed by atoms with E-state index in [-0.39, 0.29) is 11.8 Å². The minimum absolute atomic E-state index is 0.215. The van der Waals surface area contributed by atoms with Gasteiger partial charge in [-0.15, -0.1) is 0 Å². The maximum Gasteiger partial charge on any atom is 0.230 e. The molecule has 138 valence electrons. The van der Waals surface area contributed by atoms with Crippen molar-refractivity contribution in [3.8, 4) is 11.5 Å². The highest BCUT2D eigenvalue weighted by molar-refractivity contribution is 7.99. The predicted octanol–water partition coefficient (Wildman–Crippen LogP) is 1.93. The molecule has 0 radical (unpaired) electrons. The van der Waals surface area contributed by atoms with Crippen LogP contribution < -0.4 is 5.32 Å². The van der Waals surface area contributed by atoms with Gasteiger partial charge in [0.25, 0.3) is 0 Å². The van der Waals surface area contributed by atoms with Crippen LogP contribution in [0.1, 0.15) is 31.1 Å². The number of pyridine rings is 1. The van der Waals surface area contributed by atoms with Gasteiger partial charge in [-0.1, -0.05) is 11.2 Å². The van der Waals surface area contributed by atoms with Gasteiger partial charge < -0.3 is 14.7 Å². The van der Waals surface area contributed by atoms with Crippen molar-refractivity contribution in [2.45, 2.75) is 31.2 Å². The molecule has 2 aromatic heterocycles. The number of hydrogen-bond donors (Lipinski definition) is 1. The largest absolute Gasteiger partial charge is 0.343 e. The van der Waals surface area contributed by atoms with Crippen molar-refractivity contribution in [2.24, 2.45) is 0 Å². The Morgan fingerprint density at radius 3 is 2.96 bits per heavy atom. The monoisotopic (exact) mass is 373 g/mol. The van der Waals surface area contributed by atoms with E-state index in [9.17, 15) is 4.79 Å². The first-order valence-corrected chi connectivity index (χ1v) is 10.3. The number of likely N-dealkylation sites (tertiary alicyclic amines) is 1. The van der Waals surface area contributed by atoms with E-state index in [0.29, 0.717) is 29.9 Å². The van der Waals surface area contributed by atoms with Gasteiger partial charge >= 0.3 is 0 Å². The Labute approximate surface area is 156 Å². The molecular formula is C18H23N5O2S. The summed E-state index contributed by atoms with van der Waals surface area (Å²) in [6, 6.07) is 5.95. The zero-order chi connectivity index (χ0) is 17.8. The minimum atomic E-state index is 0.215. The summed E-state index contributed by atoms with van der Waals surface area (Å²) in [4.78, 5) is 23.3. The summed E-state index contributed by atoms with van der Waals surface area (Å²) in [5.41, 5.74) is 0.716. The molecule has 4 heterocycles. The Bertz CT molecular complexity index is 724. The van der Waals surface area contributed by atoms with E-state index in [4.69, 9.17) is 4.52 Å². The average Bonchev–Trinajstić information content (AvgIpc) is 3.20. The second kappa shape index (κ2) is 8.18. The molecule has 1 atom stereocenters. The van der Waals surface area contributed by atoms with Crippen LogP contribution in [0.15, 0.2) is 28.9 Å². The van der Waals surface area contributed by atoms with E-state index in [1.807, 2.05) is 34.9 Å². The summed E-state index contributed by atoms with van der Waals surface area (Å²) in [6.07, 6.45) is 4.04. The van der Waals surface area contributed by atoms with E-state index in [2.05, 4.69) is 20.4 Å². The molecule has 4 rings (SSSR count). The van der Waals surface area contributed by atoms with Gasteiger partial charge in [0, 0.05) is 55.7 Å². The number of carbonyl (C=O) groups is 1. The van der Waals surface area contributed by atoms with Crippen molar-refractivity contribution in [1.82, 2.24) is 25.3 Å². The lowest BCUT2D eigenvalue weighted by Gasteiger charge is -2.32. The Morgan fingerprint density at radius 2 is 2.23 bits per heavy atom. The Hall–Kier alpha value is -1.93. The van der Waals surface area contributed by atoms with Crippen molar-refractivity contribution in [3.63, 3.8) is 0 Å². The summed E-state index contributed by atoms with van der Waals surface area (Å²) >= 11 is 1.92. The number of aromatic nitrogens is 3. The molecule has 0 spiro atoms. The molecule has 1 amide bonds. The van der Waals surface area contributed by atoms with Gasteiger partial charge in [-0.3, -0.25) is 9.78 Å². The molecule has 7 nitrogen and oxygen atoms in total. The fourth-order valence-electron chi connectivity index (χ4n) is 3.47. The molecule has 8 heteroatoms. The lowest BCUT2D eigenvalue weighted by atomic mass is 9.96. The topological polar surface area (TPSA) is 84.2 Å². The first-order chi connectivity index (χ1) is 12.8. The van der Waals surface area contributed by atoms with Gasteiger partial charge in [-0.2, -0.15) is 16.7 Å². The molecule has 0 aliphatic carbocycles. The van der Waals surface area contributed by atoms with Gasteiger partial charge in [-0.25, -0.2) is 0 Å². The zero-order valence-corrected chi connectivity index (χ0v) is 15.5. The quantitative estimate of drug-likeness (QED) is 0.876. The number of piperidine rings is 1. The van der Waals surface area contributed by atoms with Crippen molar-refractivity contribution in [1.29, 1.82) is 0 Å². The lowest BCUT2D eigenvalue weighted by molar-refractivity contribution is -0.132. The van der Waals surface area contributed by atoms with Gasteiger partial charge in [0.05, 0.1) is 0 Å². The number of carbonyl (C=O) groups excluding carboxylic acids is 1. The maximum absolute atomic E-state index is 12.5. The highest BCUT2D eigenvalue weighted by Gasteiger charge is 2.29. The van der Waals surface area contributed by atoms with Crippen LogP contribution in [0.3, 0.4) is 0 Å². The smallest absolute Gasteiger partial charge is 0.230 e. The Kier molecular flexibility index (Phi) is 5.50. The molecule has 1 unspecified atom stereocenters. The van der Waals surface area contributed by atoms with Crippen LogP contribution in [0.25, 0.3) is 11.5 Å². The van der Waals surface area contributed by atoms with Crippen molar-refractivity contribution < 1.29 is 9.32 Å². The third-order valence-electron chi connectivity index (χ3n) is 4.95. The highest BCUT2D eigenvalue weighted by atomic mass is 32.2. The maximum atomic E-state index is 12.5. The highest BCUT2D eigenvalue weighted by Crippen LogP contribution is 2.28. The van der Waals surface area contributed by atoms with Gasteiger partial charge in [0.2, 0.25) is 17.6 Å². The molecule has 0 bridgehead atoms. The summed E-state index contributed by atoms with van der Waals surface area (Å²) in [5, 5.41) is 7.49. The van der Waals surface area contributed by atoms with E-state index in [1.54, 1.807) is 6.20 Å². The molecular weight excluding hydrogens is 350 g/mol. The first-order valence-electron chi connectivity index (χ1n) is 9.13. The summed E-state index contributed by atoms with van der Waals surface area (Å²) in [6.45, 7) is 2.51. The number of thioether (sulfide) groups is 1. The first kappa shape index (κ1) is 17.5. The molecule has 2 aliphatic rings. The molecule has 0 aromatic carbocycles. The SMILES string of the molecule is O=C(CC1CSCCN1)N1CCC(c2nc(-c3ccccn3)no2)CC1. The molecule has 1 N–H and O–H groups in total. The standard InChI is InChI=1S/C18H23N5O2S/c24-16(11-14-12-26-10-7-19-14)23-8-4-13(5-9-23)18-21-17(22-25-18)15-3-1-2-6-20-15/h1-3,6,13-14,19H,4-5,7-12H2. The summed E-state index contributed by atoms with van der Waals surface area (Å²) in [7, 11) is 0. The van der Waals surface area contributed by atoms with Crippen LogP contribution in [0.2, 0.25) is 0 Å². The van der Waals surface area contributed by atoms with Crippen LogP contribution >= 0.6 is 11.8 Å². The Morgan fingerprint density at radius 1 is 1.35 bits per heavy atom. The van der Waals surface area contributed by atoms with Crippen LogP contribution in [-0.2, 0) is 4.79 Å². The van der Waals surface area contributed by atoms with Crippen LogP contribution in [0.5, 0.6) is 0 Å². The predicted molar refractivity (Wildman–Crippen MR) is 99.8 cm³/mol. The molecule has 2 fully saturated rings. The van der Waals surface area contributed by atoms with Crippen LogP contribution in [0.4, 0.5) is 0 Å². The van der Waals surface area contributed by atoms with Gasteiger partial charge in [0.1, 0.15) is 5.69 Å². The minimum Gasteiger partial charge on any atom is -0.343 e. The average molecular weight is 373 g/mol. The van der Waals surface area contributed by atoms with E-state index < -0.39 is 0 Å². The van der Waals surface area contributed by atoms with Crippen LogP contribution in [-0.4, -0.2) is 63.1 Å². The van der Waals surface area contributed by atoms with Crippen molar-refractivity contribution >= 4 is 17.7 Å². The number of nitrogens with one attached hydrogen (secondary N) is 1. The number of nitrogens with zero attached hydrogens (tertiary/aromatic N) is 4. The third kappa shape index (κ3) is 4.07. The second-order valence-corrected chi connectivity index (χ2v) is 7.91. The molecule has 26 heavy (non-hydrogen) atoms. The molecule has 2 aromatic rings. The third-order valence-corrected chi connectivity index (χ3v) is 6.08. The second-order valence-electron chi connectivity index (χ2n) is 6.76. The molecule has 2 aliphatic heterocycles. The number of rotatable bonds is 4. The van der Waals surface area contributed by atoms with E-state index in [1.165, 1.54) is 0 Å². The fraction of sp³-hybridized carbons (Fsp3) is 0.556. The normalized spacial score (nSPS) is 21.7. The van der Waals surface area contributed by atoms with Crippen molar-refractivity contribution in [3.05, 3.63) is 30.3 Å². The van der Waals surface area contributed by atoms with E-state index in [0.717, 1.165) is 44.0 Å². The van der Waals surface area contributed by atoms with Gasteiger partial charge in [0.15, 0.2) is 0 Å². The number of hydrogen-bond acceptors (Lipinski definition) is 7. The van der Waals surface area contributed by atoms with Crippen molar-refractivity contribution in [2.75, 3.05) is 31.1 Å². The molecule has 0 saturated carbocycles. The van der Waals surface area contributed by atoms with Gasteiger partial charge in [-0.05, 0) is 25.0 Å². The number of amides is 1. The van der Waals surface area contributed by atoms with Crippen LogP contribution in [0, 0.1) is 0 Å². The summed E-state index contributed by atoms with van der Waals surface area (Å²) < 4.78 is 5.46. The summed E-state index contributed by atoms with van der Waals surface area (Å²) in [5.74, 6) is 3.82. The van der Waals surface area contributed by atoms with E-state index >= 15 is 0 Å². The fourth-order valence-corrected chi connectivity index (χ4v) is 4.42. The Balaban J connectivity index is 1.31. The zero-order valence-electron chi connectivity index (χ0n) is 14.6. The molecule has 2 saturated heterocycles.